The van der Waals surface area contributed by atoms with Crippen LogP contribution in [0.15, 0.2) is 47.4 Å². The Labute approximate surface area is 180 Å². The Bertz CT molecular complexity index is 1070. The van der Waals surface area contributed by atoms with E-state index in [1.54, 1.807) is 13.8 Å². The number of anilines is 1. The molecule has 0 fully saturated rings. The van der Waals surface area contributed by atoms with Gasteiger partial charge >= 0.3 is 5.97 Å². The van der Waals surface area contributed by atoms with Crippen molar-refractivity contribution in [1.29, 1.82) is 0 Å². The Hall–Kier alpha value is -3.11. The lowest BCUT2D eigenvalue weighted by molar-refractivity contribution is -0.118. The highest BCUT2D eigenvalue weighted by Gasteiger charge is 2.29. The van der Waals surface area contributed by atoms with Gasteiger partial charge < -0.3 is 19.5 Å². The molecule has 31 heavy (non-hydrogen) atoms. The molecular weight excluding hydrogens is 424 g/mol. The largest absolute Gasteiger partial charge is 0.486 e. The van der Waals surface area contributed by atoms with Gasteiger partial charge in [-0.15, -0.1) is 0 Å². The lowest BCUT2D eigenvalue weighted by Gasteiger charge is -2.23. The van der Waals surface area contributed by atoms with Gasteiger partial charge in [0.15, 0.2) is 11.5 Å². The molecule has 0 unspecified atom stereocenters. The first-order chi connectivity index (χ1) is 14.7. The maximum atomic E-state index is 12.9. The summed E-state index contributed by atoms with van der Waals surface area (Å²) in [7, 11) is -2.73. The van der Waals surface area contributed by atoms with E-state index in [-0.39, 0.29) is 10.8 Å². The van der Waals surface area contributed by atoms with Crippen LogP contribution in [0.5, 0.6) is 11.5 Å². The molecule has 166 valence electrons. The van der Waals surface area contributed by atoms with Crippen molar-refractivity contribution >= 4 is 27.6 Å². The number of carbonyl (C=O) groups is 2. The van der Waals surface area contributed by atoms with Gasteiger partial charge in [0.2, 0.25) is 15.9 Å². The first-order valence-electron chi connectivity index (χ1n) is 9.62. The molecular formula is C21H24N2O7S. The predicted molar refractivity (Wildman–Crippen MR) is 113 cm³/mol. The summed E-state index contributed by atoms with van der Waals surface area (Å²) in [4.78, 5) is 24.3. The van der Waals surface area contributed by atoms with E-state index < -0.39 is 27.9 Å². The highest BCUT2D eigenvalue weighted by molar-refractivity contribution is 7.89. The number of hydrogen-bond acceptors (Lipinski definition) is 7. The van der Waals surface area contributed by atoms with Crippen molar-refractivity contribution in [1.82, 2.24) is 4.72 Å². The Kier molecular flexibility index (Phi) is 6.81. The summed E-state index contributed by atoms with van der Waals surface area (Å²) >= 11 is 0. The minimum Gasteiger partial charge on any atom is -0.486 e. The van der Waals surface area contributed by atoms with E-state index in [1.807, 2.05) is 0 Å². The van der Waals surface area contributed by atoms with Crippen LogP contribution in [0.4, 0.5) is 5.69 Å². The van der Waals surface area contributed by atoms with Gasteiger partial charge in [0, 0.05) is 11.8 Å². The first kappa shape index (κ1) is 22.6. The van der Waals surface area contributed by atoms with Crippen LogP contribution < -0.4 is 19.5 Å². The Morgan fingerprint density at radius 1 is 1.00 bits per heavy atom. The number of amides is 1. The van der Waals surface area contributed by atoms with Gasteiger partial charge in [-0.05, 0) is 42.3 Å². The Morgan fingerprint density at radius 3 is 2.26 bits per heavy atom. The number of hydrogen-bond donors (Lipinski definition) is 2. The number of carbonyl (C=O) groups excluding carboxylic acids is 2. The molecule has 2 aromatic rings. The summed E-state index contributed by atoms with van der Waals surface area (Å²) in [6, 6.07) is 9.35. The molecule has 1 aliphatic rings. The summed E-state index contributed by atoms with van der Waals surface area (Å²) < 4.78 is 43.8. The van der Waals surface area contributed by atoms with Gasteiger partial charge in [0.25, 0.3) is 0 Å². The third-order valence-electron chi connectivity index (χ3n) is 4.63. The summed E-state index contributed by atoms with van der Waals surface area (Å²) in [5.74, 6) is -0.544. The molecule has 0 saturated heterocycles. The zero-order valence-corrected chi connectivity index (χ0v) is 18.2. The predicted octanol–water partition coefficient (Wildman–Crippen LogP) is 2.19. The fraction of sp³-hybridized carbons (Fsp3) is 0.333. The van der Waals surface area contributed by atoms with E-state index in [0.717, 1.165) is 0 Å². The van der Waals surface area contributed by atoms with Crippen molar-refractivity contribution < 1.29 is 32.2 Å². The average Bonchev–Trinajstić information content (AvgIpc) is 2.76. The number of ether oxygens (including phenoxy) is 3. The molecule has 0 aromatic heterocycles. The van der Waals surface area contributed by atoms with Crippen LogP contribution in [0.3, 0.4) is 0 Å². The van der Waals surface area contributed by atoms with Crippen molar-refractivity contribution in [2.75, 3.05) is 25.6 Å². The fourth-order valence-electron chi connectivity index (χ4n) is 2.95. The lowest BCUT2D eigenvalue weighted by Crippen LogP contribution is -2.47. The van der Waals surface area contributed by atoms with Gasteiger partial charge in [0.05, 0.1) is 17.6 Å². The maximum absolute atomic E-state index is 12.9. The molecule has 0 aliphatic carbocycles. The average molecular weight is 448 g/mol. The number of nitrogens with one attached hydrogen (secondary N) is 2. The molecule has 10 heteroatoms. The minimum absolute atomic E-state index is 0.0300. The molecule has 0 bridgehead atoms. The normalized spacial score (nSPS) is 14.1. The Morgan fingerprint density at radius 2 is 1.65 bits per heavy atom. The minimum atomic E-state index is -4.00. The van der Waals surface area contributed by atoms with E-state index in [4.69, 9.17) is 9.47 Å². The van der Waals surface area contributed by atoms with Crippen molar-refractivity contribution in [3.05, 3.63) is 48.0 Å². The molecule has 9 nitrogen and oxygen atoms in total. The van der Waals surface area contributed by atoms with Crippen LogP contribution in [0.2, 0.25) is 0 Å². The summed E-state index contributed by atoms with van der Waals surface area (Å²) in [6.07, 6.45) is 0. The van der Waals surface area contributed by atoms with Crippen LogP contribution in [-0.4, -0.2) is 46.7 Å². The quantitative estimate of drug-likeness (QED) is 0.623. The highest BCUT2D eigenvalue weighted by atomic mass is 32.2. The number of benzene rings is 2. The van der Waals surface area contributed by atoms with Gasteiger partial charge in [-0.25, -0.2) is 13.2 Å². The van der Waals surface area contributed by atoms with Crippen molar-refractivity contribution in [3.8, 4) is 11.5 Å². The summed E-state index contributed by atoms with van der Waals surface area (Å²) in [5, 5.41) is 2.67. The van der Waals surface area contributed by atoms with E-state index in [2.05, 4.69) is 14.8 Å². The van der Waals surface area contributed by atoms with Gasteiger partial charge in [-0.2, -0.15) is 4.72 Å². The second-order valence-electron chi connectivity index (χ2n) is 7.21. The second kappa shape index (κ2) is 9.36. The van der Waals surface area contributed by atoms with Crippen LogP contribution >= 0.6 is 0 Å². The molecule has 2 aromatic carbocycles. The van der Waals surface area contributed by atoms with E-state index in [9.17, 15) is 18.0 Å². The van der Waals surface area contributed by atoms with Gasteiger partial charge in [-0.3, -0.25) is 4.79 Å². The standard InChI is InChI=1S/C21H24N2O7S/c1-13(2)19(20(24)22-15-6-4-14(5-7-15)21(25)28-3)23-31(26,27)16-8-9-17-18(12-16)30-11-10-29-17/h4-9,12-13,19,23H,10-11H2,1-3H3,(H,22,24)/t19-/m1/s1. The molecule has 0 radical (unpaired) electrons. The summed E-state index contributed by atoms with van der Waals surface area (Å²) in [5.41, 5.74) is 0.752. The molecule has 0 saturated carbocycles. The SMILES string of the molecule is COC(=O)c1ccc(NC(=O)[C@H](NS(=O)(=O)c2ccc3c(c2)OCCO3)C(C)C)cc1. The zero-order chi connectivity index (χ0) is 22.6. The van der Waals surface area contributed by atoms with Crippen LogP contribution in [0.1, 0.15) is 24.2 Å². The first-order valence-corrected chi connectivity index (χ1v) is 11.1. The number of methoxy groups -OCH3 is 1. The number of esters is 1. The number of sulfonamides is 1. The molecule has 0 spiro atoms. The number of rotatable bonds is 7. The topological polar surface area (TPSA) is 120 Å². The molecule has 2 N–H and O–H groups in total. The molecule has 1 atom stereocenters. The van der Waals surface area contributed by atoms with E-state index in [1.165, 1.54) is 49.6 Å². The second-order valence-corrected chi connectivity index (χ2v) is 8.92. The molecule has 1 heterocycles. The highest BCUT2D eigenvalue weighted by Crippen LogP contribution is 2.32. The smallest absolute Gasteiger partial charge is 0.337 e. The zero-order valence-electron chi connectivity index (χ0n) is 17.4. The monoisotopic (exact) mass is 448 g/mol. The van der Waals surface area contributed by atoms with Crippen molar-refractivity contribution in [2.45, 2.75) is 24.8 Å². The van der Waals surface area contributed by atoms with E-state index >= 15 is 0 Å². The van der Waals surface area contributed by atoms with Crippen molar-refractivity contribution in [3.63, 3.8) is 0 Å². The van der Waals surface area contributed by atoms with Gasteiger partial charge in [-0.1, -0.05) is 13.8 Å². The third-order valence-corrected chi connectivity index (χ3v) is 6.07. The molecule has 1 amide bonds. The van der Waals surface area contributed by atoms with Crippen molar-refractivity contribution in [2.24, 2.45) is 5.92 Å². The molecule has 3 rings (SSSR count). The Balaban J connectivity index is 1.75. The fourth-order valence-corrected chi connectivity index (χ4v) is 4.30. The maximum Gasteiger partial charge on any atom is 0.337 e. The van der Waals surface area contributed by atoms with Crippen LogP contribution in [0, 0.1) is 5.92 Å². The number of fused-ring (bicyclic) bond motifs is 1. The molecule has 1 aliphatic heterocycles. The van der Waals surface area contributed by atoms with Gasteiger partial charge in [0.1, 0.15) is 19.3 Å². The van der Waals surface area contributed by atoms with Crippen LogP contribution in [0.25, 0.3) is 0 Å². The van der Waals surface area contributed by atoms with E-state index in [0.29, 0.717) is 36.0 Å². The third kappa shape index (κ3) is 5.33. The van der Waals surface area contributed by atoms with Crippen LogP contribution in [-0.2, 0) is 19.6 Å². The summed E-state index contributed by atoms with van der Waals surface area (Å²) in [6.45, 7) is 4.19. The lowest BCUT2D eigenvalue weighted by atomic mass is 10.0.